The van der Waals surface area contributed by atoms with E-state index in [1.54, 1.807) is 0 Å². The minimum Gasteiger partial charge on any atom is -0.373 e. The van der Waals surface area contributed by atoms with E-state index in [1.165, 1.54) is 57.8 Å². The van der Waals surface area contributed by atoms with Crippen LogP contribution in [0.25, 0.3) is 0 Å². The third-order valence-corrected chi connectivity index (χ3v) is 3.51. The summed E-state index contributed by atoms with van der Waals surface area (Å²) < 4.78 is 5.29. The Morgan fingerprint density at radius 2 is 1.53 bits per heavy atom. The molecule has 1 heterocycles. The summed E-state index contributed by atoms with van der Waals surface area (Å²) >= 11 is 0. The minimum atomic E-state index is 0.620. The monoisotopic (exact) mass is 212 g/mol. The summed E-state index contributed by atoms with van der Waals surface area (Å²) in [7, 11) is 0. The van der Waals surface area contributed by atoms with Crippen molar-refractivity contribution in [3.05, 3.63) is 0 Å². The van der Waals surface area contributed by atoms with Gasteiger partial charge in [0.25, 0.3) is 0 Å². The first-order chi connectivity index (χ1) is 7.34. The molecule has 0 unspecified atom stereocenters. The molecule has 0 spiro atoms. The smallest absolute Gasteiger partial charge is 0.0835 e. The SMILES string of the molecule is CCCCCCCCCC[C@@H](C)[C@@H]1CO1. The first-order valence-electron chi connectivity index (χ1n) is 6.96. The van der Waals surface area contributed by atoms with Crippen LogP contribution in [0.2, 0.25) is 0 Å². The van der Waals surface area contributed by atoms with E-state index in [0.717, 1.165) is 12.5 Å². The summed E-state index contributed by atoms with van der Waals surface area (Å²) in [6.07, 6.45) is 13.4. The Morgan fingerprint density at radius 1 is 1.00 bits per heavy atom. The Morgan fingerprint density at radius 3 is 2.07 bits per heavy atom. The lowest BCUT2D eigenvalue weighted by Gasteiger charge is -2.07. The van der Waals surface area contributed by atoms with Gasteiger partial charge in [-0.3, -0.25) is 0 Å². The first kappa shape index (κ1) is 13.0. The first-order valence-corrected chi connectivity index (χ1v) is 6.96. The second kappa shape index (κ2) is 8.15. The van der Waals surface area contributed by atoms with Gasteiger partial charge in [0, 0.05) is 0 Å². The van der Waals surface area contributed by atoms with Gasteiger partial charge in [-0.2, -0.15) is 0 Å². The Kier molecular flexibility index (Phi) is 7.08. The van der Waals surface area contributed by atoms with Crippen molar-refractivity contribution in [1.82, 2.24) is 0 Å². The maximum Gasteiger partial charge on any atom is 0.0835 e. The Labute approximate surface area is 95.6 Å². The van der Waals surface area contributed by atoms with Gasteiger partial charge in [0.05, 0.1) is 12.7 Å². The normalized spacial score (nSPS) is 21.6. The molecule has 1 heteroatoms. The van der Waals surface area contributed by atoms with E-state index in [1.807, 2.05) is 0 Å². The van der Waals surface area contributed by atoms with Gasteiger partial charge in [0.2, 0.25) is 0 Å². The molecule has 0 saturated carbocycles. The van der Waals surface area contributed by atoms with E-state index < -0.39 is 0 Å². The van der Waals surface area contributed by atoms with E-state index in [2.05, 4.69) is 13.8 Å². The number of unbranched alkanes of at least 4 members (excludes halogenated alkanes) is 7. The molecule has 0 amide bonds. The van der Waals surface area contributed by atoms with E-state index >= 15 is 0 Å². The second-order valence-corrected chi connectivity index (χ2v) is 5.11. The molecule has 1 aliphatic rings. The number of epoxide rings is 1. The van der Waals surface area contributed by atoms with Crippen molar-refractivity contribution < 1.29 is 4.74 Å². The van der Waals surface area contributed by atoms with Gasteiger partial charge >= 0.3 is 0 Å². The Bertz CT molecular complexity index is 140. The maximum absolute atomic E-state index is 5.29. The number of rotatable bonds is 10. The average molecular weight is 212 g/mol. The summed E-state index contributed by atoms with van der Waals surface area (Å²) in [5.41, 5.74) is 0. The predicted molar refractivity (Wildman–Crippen MR) is 66.1 cm³/mol. The molecule has 0 aromatic rings. The van der Waals surface area contributed by atoms with E-state index in [0.29, 0.717) is 6.10 Å². The van der Waals surface area contributed by atoms with Crippen molar-refractivity contribution in [3.8, 4) is 0 Å². The van der Waals surface area contributed by atoms with Crippen LogP contribution in [0.5, 0.6) is 0 Å². The highest BCUT2D eigenvalue weighted by Gasteiger charge is 2.28. The molecular formula is C14H28O. The summed E-state index contributed by atoms with van der Waals surface area (Å²) in [6.45, 7) is 5.64. The molecule has 1 fully saturated rings. The van der Waals surface area contributed by atoms with Gasteiger partial charge < -0.3 is 4.74 Å². The fourth-order valence-electron chi connectivity index (χ4n) is 2.17. The molecule has 1 nitrogen and oxygen atoms in total. The van der Waals surface area contributed by atoms with Gasteiger partial charge in [0.1, 0.15) is 0 Å². The highest BCUT2D eigenvalue weighted by Crippen LogP contribution is 2.24. The van der Waals surface area contributed by atoms with Crippen LogP contribution in [0, 0.1) is 5.92 Å². The molecule has 0 bridgehead atoms. The van der Waals surface area contributed by atoms with Crippen molar-refractivity contribution in [2.75, 3.05) is 6.61 Å². The molecule has 2 atom stereocenters. The van der Waals surface area contributed by atoms with Gasteiger partial charge in [-0.15, -0.1) is 0 Å². The van der Waals surface area contributed by atoms with Crippen LogP contribution in [0.4, 0.5) is 0 Å². The molecule has 1 rings (SSSR count). The molecule has 90 valence electrons. The molecule has 0 radical (unpaired) electrons. The zero-order valence-corrected chi connectivity index (χ0v) is 10.6. The van der Waals surface area contributed by atoms with Crippen LogP contribution < -0.4 is 0 Å². The lowest BCUT2D eigenvalue weighted by Crippen LogP contribution is -2.02. The molecule has 0 aliphatic carbocycles. The summed E-state index contributed by atoms with van der Waals surface area (Å²) in [4.78, 5) is 0. The second-order valence-electron chi connectivity index (χ2n) is 5.11. The van der Waals surface area contributed by atoms with Crippen LogP contribution >= 0.6 is 0 Å². The van der Waals surface area contributed by atoms with Crippen LogP contribution in [0.3, 0.4) is 0 Å². The fourth-order valence-corrected chi connectivity index (χ4v) is 2.17. The van der Waals surface area contributed by atoms with E-state index in [-0.39, 0.29) is 0 Å². The molecule has 0 aromatic heterocycles. The van der Waals surface area contributed by atoms with Crippen LogP contribution in [-0.2, 0) is 4.74 Å². The summed E-state index contributed by atoms with van der Waals surface area (Å²) in [5.74, 6) is 0.810. The molecule has 0 aromatic carbocycles. The molecule has 1 aliphatic heterocycles. The van der Waals surface area contributed by atoms with Crippen LogP contribution in [0.15, 0.2) is 0 Å². The molecule has 15 heavy (non-hydrogen) atoms. The lowest BCUT2D eigenvalue weighted by atomic mass is 9.99. The summed E-state index contributed by atoms with van der Waals surface area (Å²) in [6, 6.07) is 0. The molecule has 1 saturated heterocycles. The third-order valence-electron chi connectivity index (χ3n) is 3.51. The van der Waals surface area contributed by atoms with Crippen molar-refractivity contribution in [1.29, 1.82) is 0 Å². The lowest BCUT2D eigenvalue weighted by molar-refractivity contribution is 0.324. The minimum absolute atomic E-state index is 0.620. The van der Waals surface area contributed by atoms with Gasteiger partial charge in [-0.25, -0.2) is 0 Å². The van der Waals surface area contributed by atoms with Gasteiger partial charge in [-0.05, 0) is 12.3 Å². The van der Waals surface area contributed by atoms with Gasteiger partial charge in [0.15, 0.2) is 0 Å². The quantitative estimate of drug-likeness (QED) is 0.382. The van der Waals surface area contributed by atoms with Crippen LogP contribution in [0.1, 0.15) is 71.6 Å². The van der Waals surface area contributed by atoms with Crippen molar-refractivity contribution in [2.45, 2.75) is 77.7 Å². The molecular weight excluding hydrogens is 184 g/mol. The molecule has 0 N–H and O–H groups in total. The average Bonchev–Trinajstić information content (AvgIpc) is 3.05. The van der Waals surface area contributed by atoms with E-state index in [4.69, 9.17) is 4.74 Å². The predicted octanol–water partition coefficient (Wildman–Crippen LogP) is 4.55. The van der Waals surface area contributed by atoms with E-state index in [9.17, 15) is 0 Å². The summed E-state index contributed by atoms with van der Waals surface area (Å²) in [5, 5.41) is 0. The van der Waals surface area contributed by atoms with Crippen LogP contribution in [-0.4, -0.2) is 12.7 Å². The topological polar surface area (TPSA) is 12.5 Å². The Hall–Kier alpha value is -0.0400. The highest BCUT2D eigenvalue weighted by atomic mass is 16.6. The van der Waals surface area contributed by atoms with Crippen molar-refractivity contribution in [2.24, 2.45) is 5.92 Å². The number of ether oxygens (including phenoxy) is 1. The third kappa shape index (κ3) is 6.94. The number of hydrogen-bond acceptors (Lipinski definition) is 1. The standard InChI is InChI=1S/C14H28O/c1-3-4-5-6-7-8-9-10-11-13(2)14-12-15-14/h13-14H,3-12H2,1-2H3/t13-,14+/m1/s1. The fraction of sp³-hybridized carbons (Fsp3) is 1.00. The highest BCUT2D eigenvalue weighted by molar-refractivity contribution is 4.75. The zero-order valence-electron chi connectivity index (χ0n) is 10.6. The Balaban J connectivity index is 1.72. The van der Waals surface area contributed by atoms with Crippen molar-refractivity contribution in [3.63, 3.8) is 0 Å². The zero-order chi connectivity index (χ0) is 10.9. The number of hydrogen-bond donors (Lipinski definition) is 0. The van der Waals surface area contributed by atoms with Gasteiger partial charge in [-0.1, -0.05) is 65.2 Å². The maximum atomic E-state index is 5.29. The van der Waals surface area contributed by atoms with Crippen molar-refractivity contribution >= 4 is 0 Å². The largest absolute Gasteiger partial charge is 0.373 e.